The summed E-state index contributed by atoms with van der Waals surface area (Å²) in [5.41, 5.74) is -0.727. The first kappa shape index (κ1) is 15.9. The molecule has 0 aliphatic carbocycles. The van der Waals surface area contributed by atoms with Crippen molar-refractivity contribution in [3.8, 4) is 0 Å². The summed E-state index contributed by atoms with van der Waals surface area (Å²) in [6, 6.07) is 3.40. The largest absolute Gasteiger partial charge is 0.481 e. The van der Waals surface area contributed by atoms with Crippen LogP contribution in [0.2, 0.25) is 0 Å². The molecule has 0 unspecified atom stereocenters. The van der Waals surface area contributed by atoms with Crippen LogP contribution in [0.3, 0.4) is 0 Å². The van der Waals surface area contributed by atoms with Crippen LogP contribution < -0.4 is 5.56 Å². The predicted octanol–water partition coefficient (Wildman–Crippen LogP) is 0.825. The molecule has 0 spiro atoms. The van der Waals surface area contributed by atoms with Gasteiger partial charge in [0.2, 0.25) is 5.91 Å². The topological polar surface area (TPSA) is 79.6 Å². The third kappa shape index (κ3) is 3.26. The van der Waals surface area contributed by atoms with Crippen molar-refractivity contribution in [3.05, 3.63) is 34.2 Å². The zero-order chi connectivity index (χ0) is 15.5. The van der Waals surface area contributed by atoms with Crippen LogP contribution >= 0.6 is 0 Å². The van der Waals surface area contributed by atoms with Crippen LogP contribution in [0, 0.1) is 6.92 Å². The molecule has 6 nitrogen and oxygen atoms in total. The molecule has 0 aliphatic heterocycles. The first-order chi connectivity index (χ1) is 9.17. The number of likely N-dealkylation sites (N-methyl/N-ethyl adjacent to an activating group) is 1. The number of nitrogens with zero attached hydrogens (tertiary/aromatic N) is 2. The predicted molar refractivity (Wildman–Crippen MR) is 74.7 cm³/mol. The van der Waals surface area contributed by atoms with Crippen LogP contribution in [-0.4, -0.2) is 40.0 Å². The second-order valence-electron chi connectivity index (χ2n) is 5.30. The molecule has 1 aromatic rings. The molecule has 0 saturated carbocycles. The second-order valence-corrected chi connectivity index (χ2v) is 5.30. The van der Waals surface area contributed by atoms with E-state index in [2.05, 4.69) is 0 Å². The Labute approximate surface area is 117 Å². The monoisotopic (exact) mass is 280 g/mol. The molecule has 1 amide bonds. The van der Waals surface area contributed by atoms with Crippen molar-refractivity contribution in [2.45, 2.75) is 32.7 Å². The molecule has 1 heterocycles. The Balaban J connectivity index is 3.03. The average molecular weight is 280 g/mol. The summed E-state index contributed by atoms with van der Waals surface area (Å²) in [7, 11) is 1.54. The van der Waals surface area contributed by atoms with Gasteiger partial charge < -0.3 is 14.6 Å². The molecule has 20 heavy (non-hydrogen) atoms. The average Bonchev–Trinajstić information content (AvgIpc) is 2.37. The third-order valence-corrected chi connectivity index (χ3v) is 3.27. The van der Waals surface area contributed by atoms with Gasteiger partial charge in [-0.2, -0.15) is 0 Å². The third-order valence-electron chi connectivity index (χ3n) is 3.27. The van der Waals surface area contributed by atoms with Gasteiger partial charge >= 0.3 is 5.97 Å². The number of amides is 1. The quantitative estimate of drug-likeness (QED) is 0.866. The van der Waals surface area contributed by atoms with Gasteiger partial charge in [-0.3, -0.25) is 14.4 Å². The van der Waals surface area contributed by atoms with Crippen LogP contribution in [0.5, 0.6) is 0 Å². The van der Waals surface area contributed by atoms with Crippen molar-refractivity contribution < 1.29 is 14.7 Å². The van der Waals surface area contributed by atoms with E-state index in [1.165, 1.54) is 16.5 Å². The van der Waals surface area contributed by atoms with E-state index in [0.29, 0.717) is 5.56 Å². The van der Waals surface area contributed by atoms with E-state index in [4.69, 9.17) is 5.11 Å². The normalized spacial score (nSPS) is 11.2. The molecule has 6 heteroatoms. The number of hydrogen-bond donors (Lipinski definition) is 1. The van der Waals surface area contributed by atoms with Gasteiger partial charge in [0, 0.05) is 25.4 Å². The number of carbonyl (C=O) groups is 2. The van der Waals surface area contributed by atoms with Gasteiger partial charge in [-0.15, -0.1) is 0 Å². The molecular weight excluding hydrogens is 260 g/mol. The van der Waals surface area contributed by atoms with Gasteiger partial charge in [0.15, 0.2) is 0 Å². The molecule has 0 aromatic carbocycles. The fraction of sp³-hybridized carbons (Fsp3) is 0.500. The minimum absolute atomic E-state index is 0.109. The highest BCUT2D eigenvalue weighted by Crippen LogP contribution is 2.16. The maximum absolute atomic E-state index is 12.4. The van der Waals surface area contributed by atoms with Crippen LogP contribution in [-0.2, 0) is 15.1 Å². The van der Waals surface area contributed by atoms with E-state index in [-0.39, 0.29) is 24.4 Å². The van der Waals surface area contributed by atoms with Gasteiger partial charge in [-0.25, -0.2) is 0 Å². The summed E-state index contributed by atoms with van der Waals surface area (Å²) in [5, 5.41) is 8.65. The minimum atomic E-state index is -1.06. The second kappa shape index (κ2) is 5.90. The van der Waals surface area contributed by atoms with Crippen molar-refractivity contribution in [2.75, 3.05) is 13.6 Å². The Morgan fingerprint density at radius 3 is 2.55 bits per heavy atom. The van der Waals surface area contributed by atoms with Crippen LogP contribution in [0.4, 0.5) is 0 Å². The molecule has 1 N–H and O–H groups in total. The smallest absolute Gasteiger partial charge is 0.305 e. The Bertz CT molecular complexity index is 575. The maximum atomic E-state index is 12.4. The Kier molecular flexibility index (Phi) is 4.70. The van der Waals surface area contributed by atoms with Crippen LogP contribution in [0.15, 0.2) is 23.1 Å². The number of carboxylic acid groups (broad SMARTS) is 1. The molecule has 0 saturated heterocycles. The lowest BCUT2D eigenvalue weighted by Crippen LogP contribution is -2.49. The fourth-order valence-electron chi connectivity index (χ4n) is 1.98. The Morgan fingerprint density at radius 2 is 2.00 bits per heavy atom. The highest BCUT2D eigenvalue weighted by atomic mass is 16.4. The van der Waals surface area contributed by atoms with Crippen LogP contribution in [0.25, 0.3) is 0 Å². The molecule has 0 bridgehead atoms. The molecule has 1 aromatic heterocycles. The van der Waals surface area contributed by atoms with E-state index in [1.54, 1.807) is 39.1 Å². The van der Waals surface area contributed by atoms with Gasteiger partial charge in [0.1, 0.15) is 5.54 Å². The lowest BCUT2D eigenvalue weighted by molar-refractivity contribution is -0.140. The first-order valence-corrected chi connectivity index (χ1v) is 6.34. The number of hydrogen-bond acceptors (Lipinski definition) is 3. The molecule has 1 rings (SSSR count). The highest BCUT2D eigenvalue weighted by molar-refractivity contribution is 5.84. The van der Waals surface area contributed by atoms with Crippen molar-refractivity contribution >= 4 is 11.9 Å². The van der Waals surface area contributed by atoms with E-state index in [1.807, 2.05) is 0 Å². The standard InChI is InChI=1S/C14H20N2O4/c1-10-6-5-8-16(12(10)19)14(2,3)13(20)15(4)9-7-11(17)18/h5-6,8H,7,9H2,1-4H3,(H,17,18). The number of aliphatic carboxylic acids is 1. The summed E-state index contributed by atoms with van der Waals surface area (Å²) in [4.78, 5) is 36.4. The van der Waals surface area contributed by atoms with Gasteiger partial charge in [-0.05, 0) is 26.8 Å². The molecule has 0 radical (unpaired) electrons. The SMILES string of the molecule is Cc1cccn(C(C)(C)C(=O)N(C)CCC(=O)O)c1=O. The summed E-state index contributed by atoms with van der Waals surface area (Å²) < 4.78 is 1.38. The lowest BCUT2D eigenvalue weighted by atomic mass is 10.0. The number of carboxylic acids is 1. The van der Waals surface area contributed by atoms with Gasteiger partial charge in [0.25, 0.3) is 5.56 Å². The molecule has 110 valence electrons. The number of aryl methyl sites for hydroxylation is 1. The molecular formula is C14H20N2O4. The Hall–Kier alpha value is -2.11. The number of pyridine rings is 1. The maximum Gasteiger partial charge on any atom is 0.305 e. The molecule has 0 fully saturated rings. The van der Waals surface area contributed by atoms with Crippen LogP contribution in [0.1, 0.15) is 25.8 Å². The summed E-state index contributed by atoms with van der Waals surface area (Å²) in [5.74, 6) is -1.26. The number of aromatic nitrogens is 1. The number of carbonyl (C=O) groups excluding carboxylic acids is 1. The fourth-order valence-corrected chi connectivity index (χ4v) is 1.98. The Morgan fingerprint density at radius 1 is 1.40 bits per heavy atom. The van der Waals surface area contributed by atoms with E-state index in [9.17, 15) is 14.4 Å². The van der Waals surface area contributed by atoms with Crippen molar-refractivity contribution in [3.63, 3.8) is 0 Å². The van der Waals surface area contributed by atoms with E-state index in [0.717, 1.165) is 0 Å². The molecule has 0 atom stereocenters. The zero-order valence-corrected chi connectivity index (χ0v) is 12.2. The highest BCUT2D eigenvalue weighted by Gasteiger charge is 2.33. The lowest BCUT2D eigenvalue weighted by Gasteiger charge is -2.31. The summed E-state index contributed by atoms with van der Waals surface area (Å²) >= 11 is 0. The van der Waals surface area contributed by atoms with E-state index >= 15 is 0 Å². The van der Waals surface area contributed by atoms with Gasteiger partial charge in [0.05, 0.1) is 6.42 Å². The molecule has 0 aliphatic rings. The van der Waals surface area contributed by atoms with E-state index < -0.39 is 11.5 Å². The zero-order valence-electron chi connectivity index (χ0n) is 12.2. The first-order valence-electron chi connectivity index (χ1n) is 6.34. The van der Waals surface area contributed by atoms with Crippen molar-refractivity contribution in [2.24, 2.45) is 0 Å². The van der Waals surface area contributed by atoms with Gasteiger partial charge in [-0.1, -0.05) is 6.07 Å². The van der Waals surface area contributed by atoms with Crippen molar-refractivity contribution in [1.82, 2.24) is 9.47 Å². The summed E-state index contributed by atoms with van der Waals surface area (Å²) in [6.45, 7) is 5.09. The van der Waals surface area contributed by atoms with Crippen molar-refractivity contribution in [1.29, 1.82) is 0 Å². The minimum Gasteiger partial charge on any atom is -0.481 e. The number of rotatable bonds is 5. The summed E-state index contributed by atoms with van der Waals surface area (Å²) in [6.07, 6.45) is 1.44.